The third kappa shape index (κ3) is 6.79. The van der Waals surface area contributed by atoms with Gasteiger partial charge >= 0.3 is 0 Å². The van der Waals surface area contributed by atoms with Gasteiger partial charge in [0.1, 0.15) is 28.5 Å². The van der Waals surface area contributed by atoms with Gasteiger partial charge in [-0.1, -0.05) is 6.08 Å². The minimum absolute atomic E-state index is 0.00520. The van der Waals surface area contributed by atoms with Crippen LogP contribution in [0, 0.1) is 0 Å². The quantitative estimate of drug-likeness (QED) is 0.251. The van der Waals surface area contributed by atoms with Crippen molar-refractivity contribution in [2.75, 3.05) is 51.5 Å². The number of hydrogen-bond donors (Lipinski definition) is 3. The molecule has 0 unspecified atom stereocenters. The summed E-state index contributed by atoms with van der Waals surface area (Å²) in [5, 5.41) is 14.3. The third-order valence-corrected chi connectivity index (χ3v) is 6.55. The van der Waals surface area contributed by atoms with Crippen LogP contribution in [0.2, 0.25) is 0 Å². The Morgan fingerprint density at radius 1 is 1.12 bits per heavy atom. The molecule has 1 saturated heterocycles. The number of likely N-dealkylation sites (N-methyl/N-ethyl adjacent to an activating group) is 1. The summed E-state index contributed by atoms with van der Waals surface area (Å²) in [4.78, 5) is 37.6. The molecule has 0 aliphatic carbocycles. The van der Waals surface area contributed by atoms with E-state index in [-0.39, 0.29) is 17.9 Å². The molecule has 1 aliphatic heterocycles. The summed E-state index contributed by atoms with van der Waals surface area (Å²) in [5.41, 5.74) is 1.02. The Kier molecular flexibility index (Phi) is 8.39. The lowest BCUT2D eigenvalue weighted by atomic mass is 10.2. The van der Waals surface area contributed by atoms with E-state index in [0.717, 1.165) is 6.42 Å². The summed E-state index contributed by atoms with van der Waals surface area (Å²) in [6, 6.07) is 11.9. The van der Waals surface area contributed by atoms with Crippen LogP contribution in [-0.2, 0) is 4.79 Å². The number of rotatable bonds is 10. The molecule has 0 saturated carbocycles. The summed E-state index contributed by atoms with van der Waals surface area (Å²) >= 11 is 0. The number of nitrogens with zero attached hydrogens (tertiary/aromatic N) is 5. The van der Waals surface area contributed by atoms with E-state index in [2.05, 4.69) is 30.8 Å². The molecule has 4 aromatic rings. The molecule has 3 N–H and O–H groups in total. The highest BCUT2D eigenvalue weighted by atomic mass is 16.5. The van der Waals surface area contributed by atoms with Crippen molar-refractivity contribution in [3.63, 3.8) is 0 Å². The Hall–Kier alpha value is -4.97. The largest absolute Gasteiger partial charge is 0.497 e. The zero-order chi connectivity index (χ0) is 28.8. The minimum atomic E-state index is -0.304. The Bertz CT molecular complexity index is 1550. The Balaban J connectivity index is 1.24. The van der Waals surface area contributed by atoms with Crippen molar-refractivity contribution in [1.82, 2.24) is 30.0 Å². The maximum Gasteiger partial charge on any atom is 0.256 e. The Labute approximate surface area is 237 Å². The third-order valence-electron chi connectivity index (χ3n) is 6.55. The Morgan fingerprint density at radius 2 is 1.93 bits per heavy atom. The van der Waals surface area contributed by atoms with Crippen molar-refractivity contribution in [2.24, 2.45) is 0 Å². The lowest BCUT2D eigenvalue weighted by molar-refractivity contribution is -0.125. The molecule has 12 nitrogen and oxygen atoms in total. The molecular weight excluding hydrogens is 524 g/mol. The molecule has 2 amide bonds. The lowest BCUT2D eigenvalue weighted by Crippen LogP contribution is -2.30. The summed E-state index contributed by atoms with van der Waals surface area (Å²) in [7, 11) is 5.47. The molecule has 12 heteroatoms. The predicted molar refractivity (Wildman–Crippen MR) is 155 cm³/mol. The van der Waals surface area contributed by atoms with Crippen LogP contribution in [0.15, 0.2) is 67.0 Å². The van der Waals surface area contributed by atoms with Crippen LogP contribution in [-0.4, -0.2) is 88.7 Å². The molecular formula is C29H32N8O4. The van der Waals surface area contributed by atoms with E-state index in [0.29, 0.717) is 65.1 Å². The van der Waals surface area contributed by atoms with Crippen LogP contribution in [0.25, 0.3) is 11.0 Å². The molecule has 1 aliphatic rings. The first kappa shape index (κ1) is 27.6. The molecule has 5 rings (SSSR count). The molecule has 0 spiro atoms. The number of carbonyl (C=O) groups excluding carboxylic acids is 2. The zero-order valence-electron chi connectivity index (χ0n) is 23.1. The summed E-state index contributed by atoms with van der Waals surface area (Å²) < 4.78 is 11.4. The molecule has 1 aromatic carbocycles. The second-order valence-corrected chi connectivity index (χ2v) is 9.85. The number of fused-ring (bicyclic) bond motifs is 1. The fraction of sp³-hybridized carbons (Fsp3) is 0.276. The van der Waals surface area contributed by atoms with E-state index >= 15 is 0 Å². The first-order valence-corrected chi connectivity index (χ1v) is 13.2. The summed E-state index contributed by atoms with van der Waals surface area (Å²) in [6.45, 7) is 1.96. The number of aromatic amines is 1. The van der Waals surface area contributed by atoms with Crippen LogP contribution >= 0.6 is 0 Å². The minimum Gasteiger partial charge on any atom is -0.497 e. The van der Waals surface area contributed by atoms with Gasteiger partial charge in [0.15, 0.2) is 11.5 Å². The van der Waals surface area contributed by atoms with Gasteiger partial charge in [-0.15, -0.1) is 0 Å². The summed E-state index contributed by atoms with van der Waals surface area (Å²) in [6.07, 6.45) is 7.50. The molecule has 212 valence electrons. The number of carbonyl (C=O) groups is 2. The highest BCUT2D eigenvalue weighted by Crippen LogP contribution is 2.33. The summed E-state index contributed by atoms with van der Waals surface area (Å²) in [5.74, 6) is 2.40. The number of amides is 2. The monoisotopic (exact) mass is 556 g/mol. The average molecular weight is 557 g/mol. The maximum atomic E-state index is 12.7. The normalized spacial score (nSPS) is 15.0. The zero-order valence-corrected chi connectivity index (χ0v) is 23.1. The van der Waals surface area contributed by atoms with Crippen molar-refractivity contribution in [3.05, 3.63) is 72.6 Å². The van der Waals surface area contributed by atoms with Crippen LogP contribution in [0.5, 0.6) is 17.2 Å². The highest BCUT2D eigenvalue weighted by Gasteiger charge is 2.26. The SMILES string of the molecule is COc1ccnc(NC(=O)c2ccc(Oc3ccnc4[nH]nc(N[C@@H]5CCN(C(=O)/C=C/CN(C)C)C5)c34)cc2)c1. The van der Waals surface area contributed by atoms with Gasteiger partial charge in [0.05, 0.1) is 7.11 Å². The number of benzene rings is 1. The van der Waals surface area contributed by atoms with E-state index in [1.54, 1.807) is 68.0 Å². The highest BCUT2D eigenvalue weighted by molar-refractivity contribution is 6.04. The molecule has 0 radical (unpaired) electrons. The lowest BCUT2D eigenvalue weighted by Gasteiger charge is -2.16. The Morgan fingerprint density at radius 3 is 2.71 bits per heavy atom. The van der Waals surface area contributed by atoms with Crippen molar-refractivity contribution < 1.29 is 19.1 Å². The van der Waals surface area contributed by atoms with Crippen LogP contribution in [0.4, 0.5) is 11.6 Å². The van der Waals surface area contributed by atoms with Gasteiger partial charge in [-0.3, -0.25) is 14.7 Å². The van der Waals surface area contributed by atoms with Crippen LogP contribution in [0.1, 0.15) is 16.8 Å². The first-order chi connectivity index (χ1) is 19.9. The van der Waals surface area contributed by atoms with E-state index in [1.165, 1.54) is 0 Å². The van der Waals surface area contributed by atoms with Gasteiger partial charge in [0.25, 0.3) is 5.91 Å². The molecule has 41 heavy (non-hydrogen) atoms. The smallest absolute Gasteiger partial charge is 0.256 e. The van der Waals surface area contributed by atoms with Crippen LogP contribution < -0.4 is 20.1 Å². The van der Waals surface area contributed by atoms with E-state index < -0.39 is 0 Å². The van der Waals surface area contributed by atoms with Crippen molar-refractivity contribution in [3.8, 4) is 17.2 Å². The second kappa shape index (κ2) is 12.5. The standard InChI is InChI=1S/C29H32N8O4/c1-36(2)15-4-5-25(38)37-16-12-20(18-37)32-28-26-23(11-14-31-27(26)34-35-28)41-21-8-6-19(7-9-21)29(39)33-24-17-22(40-3)10-13-30-24/h4-11,13-14,17,20H,12,15-16,18H2,1-3H3,(H,30,33,39)(H2,31,32,34,35)/b5-4+/t20-/m1/s1. The number of methoxy groups -OCH3 is 1. The van der Waals surface area contributed by atoms with Gasteiger partial charge in [0.2, 0.25) is 5.91 Å². The fourth-order valence-electron chi connectivity index (χ4n) is 4.45. The van der Waals surface area contributed by atoms with Crippen molar-refractivity contribution in [1.29, 1.82) is 0 Å². The number of ether oxygens (including phenoxy) is 2. The van der Waals surface area contributed by atoms with Gasteiger partial charge in [-0.2, -0.15) is 5.10 Å². The average Bonchev–Trinajstić information content (AvgIpc) is 3.61. The number of aromatic nitrogens is 4. The van der Waals surface area contributed by atoms with Gasteiger partial charge in [-0.05, 0) is 50.8 Å². The fourth-order valence-corrected chi connectivity index (χ4v) is 4.45. The van der Waals surface area contributed by atoms with E-state index in [1.807, 2.05) is 30.0 Å². The number of nitrogens with one attached hydrogen (secondary N) is 3. The maximum absolute atomic E-state index is 12.7. The molecule has 1 atom stereocenters. The predicted octanol–water partition coefficient (Wildman–Crippen LogP) is 3.54. The first-order valence-electron chi connectivity index (χ1n) is 13.2. The number of hydrogen-bond acceptors (Lipinski definition) is 9. The van der Waals surface area contributed by atoms with Crippen molar-refractivity contribution >= 4 is 34.5 Å². The van der Waals surface area contributed by atoms with Crippen LogP contribution in [0.3, 0.4) is 0 Å². The number of likely N-dealkylation sites (tertiary alicyclic amines) is 1. The van der Waals surface area contributed by atoms with Gasteiger partial charge in [-0.25, -0.2) is 9.97 Å². The number of H-pyrrole nitrogens is 1. The van der Waals surface area contributed by atoms with Gasteiger partial charge in [0, 0.05) is 61.8 Å². The molecule has 3 aromatic heterocycles. The number of anilines is 2. The topological polar surface area (TPSA) is 138 Å². The van der Waals surface area contributed by atoms with Gasteiger partial charge < -0.3 is 29.9 Å². The van der Waals surface area contributed by atoms with E-state index in [9.17, 15) is 9.59 Å². The van der Waals surface area contributed by atoms with Crippen molar-refractivity contribution in [2.45, 2.75) is 12.5 Å². The molecule has 1 fully saturated rings. The molecule has 4 heterocycles. The molecule has 0 bridgehead atoms. The van der Waals surface area contributed by atoms with E-state index in [4.69, 9.17) is 9.47 Å². The number of pyridine rings is 2. The second-order valence-electron chi connectivity index (χ2n) is 9.85.